The van der Waals surface area contributed by atoms with Gasteiger partial charge in [0, 0.05) is 0 Å². The summed E-state index contributed by atoms with van der Waals surface area (Å²) < 4.78 is 18.0. The molecule has 0 radical (unpaired) electrons. The van der Waals surface area contributed by atoms with Crippen molar-refractivity contribution in [3.8, 4) is 11.5 Å². The van der Waals surface area contributed by atoms with Crippen molar-refractivity contribution in [3.05, 3.63) is 27.8 Å². The first-order valence-electron chi connectivity index (χ1n) is 6.99. The van der Waals surface area contributed by atoms with Gasteiger partial charge in [-0.3, -0.25) is 0 Å². The average Bonchev–Trinajstić information content (AvgIpc) is 2.49. The summed E-state index contributed by atoms with van der Waals surface area (Å²) in [4.78, 5) is 0. The van der Waals surface area contributed by atoms with Crippen molar-refractivity contribution in [1.29, 1.82) is 0 Å². The van der Waals surface area contributed by atoms with Gasteiger partial charge in [0.1, 0.15) is 0 Å². The van der Waals surface area contributed by atoms with E-state index in [4.69, 9.17) is 14.2 Å². The lowest BCUT2D eigenvalue weighted by atomic mass is 9.98. The van der Waals surface area contributed by atoms with E-state index in [2.05, 4.69) is 29.2 Å². The SMILES string of the molecule is C=Cc1cc(I)c(OCOC2CCCCC2)c(OC)c1. The number of halogens is 1. The van der Waals surface area contributed by atoms with E-state index in [1.54, 1.807) is 13.2 Å². The minimum Gasteiger partial charge on any atom is -0.493 e. The Kier molecular flexibility index (Phi) is 6.16. The first-order chi connectivity index (χ1) is 9.74. The highest BCUT2D eigenvalue weighted by Gasteiger charge is 2.15. The summed E-state index contributed by atoms with van der Waals surface area (Å²) >= 11 is 2.24. The Balaban J connectivity index is 1.95. The van der Waals surface area contributed by atoms with E-state index in [9.17, 15) is 0 Å². The number of methoxy groups -OCH3 is 1. The quantitative estimate of drug-likeness (QED) is 0.526. The van der Waals surface area contributed by atoms with Gasteiger partial charge >= 0.3 is 0 Å². The summed E-state index contributed by atoms with van der Waals surface area (Å²) in [6, 6.07) is 3.94. The van der Waals surface area contributed by atoms with E-state index in [1.807, 2.05) is 12.1 Å². The molecule has 1 aromatic carbocycles. The zero-order valence-electron chi connectivity index (χ0n) is 11.9. The van der Waals surface area contributed by atoms with Gasteiger partial charge in [0.05, 0.1) is 16.8 Å². The van der Waals surface area contributed by atoms with Gasteiger partial charge in [-0.2, -0.15) is 0 Å². The van der Waals surface area contributed by atoms with E-state index in [0.29, 0.717) is 6.10 Å². The molecule has 0 aromatic heterocycles. The van der Waals surface area contributed by atoms with Gasteiger partial charge in [-0.15, -0.1) is 0 Å². The van der Waals surface area contributed by atoms with Crippen LogP contribution in [-0.2, 0) is 4.74 Å². The number of hydrogen-bond acceptors (Lipinski definition) is 3. The van der Waals surface area contributed by atoms with Gasteiger partial charge in [-0.1, -0.05) is 31.9 Å². The molecule has 0 atom stereocenters. The molecule has 20 heavy (non-hydrogen) atoms. The van der Waals surface area contributed by atoms with E-state index in [-0.39, 0.29) is 6.79 Å². The zero-order valence-corrected chi connectivity index (χ0v) is 14.0. The fraction of sp³-hybridized carbons (Fsp3) is 0.500. The van der Waals surface area contributed by atoms with Gasteiger partial charge in [0.15, 0.2) is 18.3 Å². The minimum atomic E-state index is 0.282. The molecule has 0 unspecified atom stereocenters. The van der Waals surface area contributed by atoms with Crippen LogP contribution in [0.5, 0.6) is 11.5 Å². The van der Waals surface area contributed by atoms with Crippen LogP contribution >= 0.6 is 22.6 Å². The van der Waals surface area contributed by atoms with Crippen molar-refractivity contribution in [2.45, 2.75) is 38.2 Å². The molecule has 0 heterocycles. The second-order valence-corrected chi connectivity index (χ2v) is 6.09. The summed E-state index contributed by atoms with van der Waals surface area (Å²) in [6.07, 6.45) is 8.29. The Morgan fingerprint density at radius 1 is 1.30 bits per heavy atom. The highest BCUT2D eigenvalue weighted by atomic mass is 127. The maximum absolute atomic E-state index is 5.80. The standard InChI is InChI=1S/C16H21IO3/c1-3-12-9-14(17)16(15(10-12)18-2)20-11-19-13-7-5-4-6-8-13/h3,9-10,13H,1,4-8,11H2,2H3. The normalized spacial score (nSPS) is 15.9. The number of hydrogen-bond donors (Lipinski definition) is 0. The molecule has 0 aliphatic heterocycles. The molecular formula is C16H21IO3. The predicted molar refractivity (Wildman–Crippen MR) is 89.3 cm³/mol. The molecule has 110 valence electrons. The molecule has 2 rings (SSSR count). The Labute approximate surface area is 134 Å². The fourth-order valence-corrected chi connectivity index (χ4v) is 3.20. The van der Waals surface area contributed by atoms with Crippen LogP contribution in [0.3, 0.4) is 0 Å². The van der Waals surface area contributed by atoms with Crippen LogP contribution in [0.2, 0.25) is 0 Å². The van der Waals surface area contributed by atoms with Crippen molar-refractivity contribution in [2.24, 2.45) is 0 Å². The van der Waals surface area contributed by atoms with Crippen LogP contribution in [0.25, 0.3) is 6.08 Å². The maximum Gasteiger partial charge on any atom is 0.189 e. The third-order valence-corrected chi connectivity index (χ3v) is 4.35. The van der Waals surface area contributed by atoms with E-state index in [0.717, 1.165) is 33.5 Å². The van der Waals surface area contributed by atoms with E-state index < -0.39 is 0 Å². The monoisotopic (exact) mass is 388 g/mol. The Morgan fingerprint density at radius 2 is 2.05 bits per heavy atom. The van der Waals surface area contributed by atoms with Crippen LogP contribution < -0.4 is 9.47 Å². The summed E-state index contributed by atoms with van der Waals surface area (Å²) in [5.41, 5.74) is 1.02. The molecule has 0 bridgehead atoms. The lowest BCUT2D eigenvalue weighted by molar-refractivity contribution is -0.0507. The Bertz CT molecular complexity index is 453. The summed E-state index contributed by atoms with van der Waals surface area (Å²) in [7, 11) is 1.65. The number of rotatable bonds is 6. The molecule has 1 fully saturated rings. The van der Waals surface area contributed by atoms with Gasteiger partial charge in [-0.25, -0.2) is 0 Å². The van der Waals surface area contributed by atoms with E-state index >= 15 is 0 Å². The van der Waals surface area contributed by atoms with Crippen molar-refractivity contribution in [1.82, 2.24) is 0 Å². The van der Waals surface area contributed by atoms with Crippen molar-refractivity contribution >= 4 is 28.7 Å². The lowest BCUT2D eigenvalue weighted by Gasteiger charge is -2.22. The molecular weight excluding hydrogens is 367 g/mol. The molecule has 0 N–H and O–H groups in total. The van der Waals surface area contributed by atoms with Gasteiger partial charge in [0.25, 0.3) is 0 Å². The van der Waals surface area contributed by atoms with Crippen LogP contribution in [0.4, 0.5) is 0 Å². The molecule has 4 heteroatoms. The number of benzene rings is 1. The topological polar surface area (TPSA) is 27.7 Å². The first kappa shape index (κ1) is 15.6. The second kappa shape index (κ2) is 7.88. The molecule has 0 saturated heterocycles. The molecule has 1 saturated carbocycles. The lowest BCUT2D eigenvalue weighted by Crippen LogP contribution is -2.19. The van der Waals surface area contributed by atoms with Crippen LogP contribution in [-0.4, -0.2) is 20.0 Å². The average molecular weight is 388 g/mol. The van der Waals surface area contributed by atoms with Gasteiger partial charge in [0.2, 0.25) is 0 Å². The Morgan fingerprint density at radius 3 is 2.70 bits per heavy atom. The third-order valence-electron chi connectivity index (χ3n) is 3.55. The summed E-state index contributed by atoms with van der Waals surface area (Å²) in [5, 5.41) is 0. The second-order valence-electron chi connectivity index (χ2n) is 4.93. The molecule has 1 aliphatic rings. The van der Waals surface area contributed by atoms with Crippen molar-refractivity contribution in [2.75, 3.05) is 13.9 Å². The minimum absolute atomic E-state index is 0.282. The van der Waals surface area contributed by atoms with Gasteiger partial charge in [-0.05, 0) is 53.1 Å². The zero-order chi connectivity index (χ0) is 14.4. The maximum atomic E-state index is 5.80. The number of ether oxygens (including phenoxy) is 3. The highest BCUT2D eigenvalue weighted by molar-refractivity contribution is 14.1. The van der Waals surface area contributed by atoms with Crippen LogP contribution in [0.1, 0.15) is 37.7 Å². The van der Waals surface area contributed by atoms with Crippen LogP contribution in [0.15, 0.2) is 18.7 Å². The highest BCUT2D eigenvalue weighted by Crippen LogP contribution is 2.34. The van der Waals surface area contributed by atoms with Crippen molar-refractivity contribution in [3.63, 3.8) is 0 Å². The third kappa shape index (κ3) is 4.12. The molecule has 3 nitrogen and oxygen atoms in total. The van der Waals surface area contributed by atoms with Crippen molar-refractivity contribution < 1.29 is 14.2 Å². The molecule has 0 amide bonds. The molecule has 0 spiro atoms. The smallest absolute Gasteiger partial charge is 0.189 e. The molecule has 1 aliphatic carbocycles. The van der Waals surface area contributed by atoms with Gasteiger partial charge < -0.3 is 14.2 Å². The first-order valence-corrected chi connectivity index (χ1v) is 8.07. The molecule has 1 aromatic rings. The summed E-state index contributed by atoms with van der Waals surface area (Å²) in [6.45, 7) is 4.06. The predicted octanol–water partition coefficient (Wildman–Crippen LogP) is 4.63. The summed E-state index contributed by atoms with van der Waals surface area (Å²) in [5.74, 6) is 1.47. The Hall–Kier alpha value is -0.750. The largest absolute Gasteiger partial charge is 0.493 e. The van der Waals surface area contributed by atoms with E-state index in [1.165, 1.54) is 19.3 Å². The fourth-order valence-electron chi connectivity index (χ4n) is 2.42. The van der Waals surface area contributed by atoms with Crippen LogP contribution in [0, 0.1) is 3.57 Å².